The van der Waals surface area contributed by atoms with Crippen molar-refractivity contribution in [1.29, 1.82) is 0 Å². The maximum Gasteiger partial charge on any atom is 0.238 e. The van der Waals surface area contributed by atoms with Crippen LogP contribution in [0.3, 0.4) is 0 Å². The molecule has 7 fully saturated rings. The van der Waals surface area contributed by atoms with Crippen LogP contribution < -0.4 is 20.4 Å². The third-order valence-electron chi connectivity index (χ3n) is 17.4. The molecule has 0 radical (unpaired) electrons. The third kappa shape index (κ3) is 8.11. The molecule has 12 rings (SSSR count). The number of anilines is 3. The summed E-state index contributed by atoms with van der Waals surface area (Å²) in [5, 5.41) is 6.13. The molecule has 3 aromatic heterocycles. The van der Waals surface area contributed by atoms with E-state index in [1.165, 1.54) is 19.3 Å². The number of nitrogens with one attached hydrogen (secondary N) is 2. The van der Waals surface area contributed by atoms with Crippen molar-refractivity contribution >= 4 is 57.9 Å². The van der Waals surface area contributed by atoms with Gasteiger partial charge in [0.05, 0.1) is 34.8 Å². The lowest BCUT2D eigenvalue weighted by molar-refractivity contribution is -0.140. The number of hydrogen-bond acceptors (Lipinski definition) is 11. The van der Waals surface area contributed by atoms with Crippen LogP contribution in [0.4, 0.5) is 17.3 Å². The fourth-order valence-corrected chi connectivity index (χ4v) is 13.0. The number of fused-ring (bicyclic) bond motifs is 3. The van der Waals surface area contributed by atoms with Crippen LogP contribution in [0.15, 0.2) is 48.9 Å². The van der Waals surface area contributed by atoms with Gasteiger partial charge in [0.25, 0.3) is 0 Å². The van der Waals surface area contributed by atoms with Gasteiger partial charge in [-0.2, -0.15) is 0 Å². The summed E-state index contributed by atoms with van der Waals surface area (Å²) in [7, 11) is 0. The van der Waals surface area contributed by atoms with Crippen LogP contribution in [0.1, 0.15) is 127 Å². The van der Waals surface area contributed by atoms with Gasteiger partial charge in [-0.25, -0.2) is 15.0 Å². The largest absolute Gasteiger partial charge is 0.366 e. The number of benzene rings is 1. The number of hydrogen-bond donors (Lipinski definition) is 2. The summed E-state index contributed by atoms with van der Waals surface area (Å²) in [5.41, 5.74) is 5.98. The van der Waals surface area contributed by atoms with Gasteiger partial charge < -0.3 is 34.4 Å². The Kier molecular flexibility index (Phi) is 11.7. The Morgan fingerprint density at radius 2 is 1.54 bits per heavy atom. The van der Waals surface area contributed by atoms with E-state index in [9.17, 15) is 19.2 Å². The molecule has 0 bridgehead atoms. The number of imidazole rings is 1. The van der Waals surface area contributed by atoms with E-state index in [1.807, 2.05) is 28.3 Å². The molecule has 1 unspecified atom stereocenters. The first kappa shape index (κ1) is 45.3. The van der Waals surface area contributed by atoms with Gasteiger partial charge in [-0.1, -0.05) is 24.6 Å². The highest BCUT2D eigenvalue weighted by molar-refractivity contribution is 6.09. The van der Waals surface area contributed by atoms with E-state index in [2.05, 4.69) is 73.0 Å². The normalized spacial score (nSPS) is 26.3. The van der Waals surface area contributed by atoms with E-state index in [4.69, 9.17) is 9.97 Å². The summed E-state index contributed by atoms with van der Waals surface area (Å²) in [4.78, 5) is 93.1. The topological polar surface area (TPSA) is 169 Å². The van der Waals surface area contributed by atoms with Gasteiger partial charge in [-0.15, -0.1) is 0 Å². The predicted molar refractivity (Wildman–Crippen MR) is 266 cm³/mol. The summed E-state index contributed by atoms with van der Waals surface area (Å²) in [6.07, 6.45) is 15.7. The first-order valence-electron chi connectivity index (χ1n) is 26.5. The van der Waals surface area contributed by atoms with Gasteiger partial charge in [0.2, 0.25) is 29.5 Å². The minimum Gasteiger partial charge on any atom is -0.366 e. The van der Waals surface area contributed by atoms with E-state index in [-0.39, 0.29) is 59.4 Å². The van der Waals surface area contributed by atoms with Crippen LogP contribution in [0.5, 0.6) is 0 Å². The molecular formula is C54H67N11O5. The zero-order valence-electron chi connectivity index (χ0n) is 40.8. The summed E-state index contributed by atoms with van der Waals surface area (Å²) in [6, 6.07) is 13.8. The Morgan fingerprint density at radius 3 is 2.26 bits per heavy atom. The number of amides is 5. The lowest BCUT2D eigenvalue weighted by Gasteiger charge is -2.48. The standard InChI is InChI=1S/C54H67N11O5/c1-33(2)64-32-56-44-29-43(58-49(48(44)64)57-38-8-9-38)35-6-11-42-45(26-35)65(40-27-39(28-40)60-19-4-3-5-20-60)53(70)54(42)17-24-62(25-18-54)52(69)37-16-23-63(31-37)51(68)34-14-21-61(22-15-34)46-12-7-36(30-55-46)41-10-13-47(66)59-50(41)67/h6-7,11-12,26,29-30,32-34,37-41H,3-5,8-10,13-25,27-28,31H2,1-2H3,(H,57,58)(H,59,66,67)/t37-,39?,40?,41?/m1/s1. The Hall–Kier alpha value is -5.90. The highest BCUT2D eigenvalue weighted by Crippen LogP contribution is 2.52. The van der Waals surface area contributed by atoms with Crippen molar-refractivity contribution in [2.45, 2.75) is 139 Å². The number of likely N-dealkylation sites (tertiary alicyclic amines) is 3. The van der Waals surface area contributed by atoms with Crippen molar-refractivity contribution in [2.75, 3.05) is 67.5 Å². The lowest BCUT2D eigenvalue weighted by atomic mass is 9.73. The zero-order chi connectivity index (χ0) is 47.8. The van der Waals surface area contributed by atoms with Gasteiger partial charge in [0.1, 0.15) is 11.3 Å². The molecule has 16 heteroatoms. The molecule has 2 saturated carbocycles. The number of nitrogens with zero attached hydrogens (tertiary/aromatic N) is 9. The quantitative estimate of drug-likeness (QED) is 0.175. The molecule has 9 heterocycles. The molecule has 70 heavy (non-hydrogen) atoms. The van der Waals surface area contributed by atoms with Gasteiger partial charge >= 0.3 is 0 Å². The SMILES string of the molecule is CC(C)n1cnc2cc(-c3ccc4c(c3)N(C3CC(N5CCCCC5)C3)C(=O)C43CCN(C(=O)[C@@H]4CCN(C(=O)C5CCN(c6ccc(C7CCC(=O)NC7=O)cn6)CC5)C4)CC3)nc(NC3CC3)c21. The molecule has 4 aromatic rings. The number of piperidine rings is 4. The Labute approximate surface area is 409 Å². The molecule has 5 amide bonds. The van der Waals surface area contributed by atoms with Crippen molar-refractivity contribution < 1.29 is 24.0 Å². The number of imide groups is 1. The van der Waals surface area contributed by atoms with Gasteiger partial charge in [0, 0.05) is 93.2 Å². The highest BCUT2D eigenvalue weighted by Gasteiger charge is 2.56. The Morgan fingerprint density at radius 1 is 0.786 bits per heavy atom. The third-order valence-corrected chi connectivity index (χ3v) is 17.4. The van der Waals surface area contributed by atoms with Crippen LogP contribution in [0, 0.1) is 11.8 Å². The molecule has 368 valence electrons. The fourth-order valence-electron chi connectivity index (χ4n) is 13.0. The minimum absolute atomic E-state index is 0.102. The second-order valence-electron chi connectivity index (χ2n) is 22.1. The van der Waals surface area contributed by atoms with Crippen molar-refractivity contribution in [1.82, 2.24) is 39.5 Å². The minimum atomic E-state index is -0.690. The predicted octanol–water partition coefficient (Wildman–Crippen LogP) is 6.16. The average molecular weight is 950 g/mol. The van der Waals surface area contributed by atoms with Crippen molar-refractivity contribution in [3.8, 4) is 11.3 Å². The molecule has 2 atom stereocenters. The Balaban J connectivity index is 0.712. The maximum absolute atomic E-state index is 15.2. The van der Waals surface area contributed by atoms with Crippen molar-refractivity contribution in [3.63, 3.8) is 0 Å². The van der Waals surface area contributed by atoms with Crippen molar-refractivity contribution in [2.24, 2.45) is 11.8 Å². The van der Waals surface area contributed by atoms with Crippen LogP contribution in [-0.4, -0.2) is 134 Å². The van der Waals surface area contributed by atoms with Crippen LogP contribution in [0.2, 0.25) is 0 Å². The maximum atomic E-state index is 15.2. The van der Waals surface area contributed by atoms with E-state index in [0.29, 0.717) is 96.3 Å². The molecule has 16 nitrogen and oxygen atoms in total. The molecule has 5 saturated heterocycles. The number of aromatic nitrogens is 4. The number of pyridine rings is 2. The zero-order valence-corrected chi connectivity index (χ0v) is 40.8. The molecular weight excluding hydrogens is 883 g/mol. The number of carbonyl (C=O) groups is 5. The second kappa shape index (κ2) is 18.1. The van der Waals surface area contributed by atoms with Gasteiger partial charge in [0.15, 0.2) is 5.82 Å². The smallest absolute Gasteiger partial charge is 0.238 e. The molecule has 1 spiro atoms. The lowest BCUT2D eigenvalue weighted by Crippen LogP contribution is -2.58. The average Bonchev–Trinajstić information content (AvgIpc) is 3.75. The van der Waals surface area contributed by atoms with Crippen LogP contribution in [0.25, 0.3) is 22.3 Å². The summed E-state index contributed by atoms with van der Waals surface area (Å²) in [5.74, 6) is 0.894. The number of carbonyl (C=O) groups excluding carboxylic acids is 5. The molecule has 2 aliphatic carbocycles. The van der Waals surface area contributed by atoms with E-state index in [1.54, 1.807) is 6.20 Å². The molecule has 2 N–H and O–H groups in total. The van der Waals surface area contributed by atoms with E-state index >= 15 is 4.79 Å². The van der Waals surface area contributed by atoms with Crippen LogP contribution >= 0.6 is 0 Å². The molecule has 8 aliphatic rings. The highest BCUT2D eigenvalue weighted by atomic mass is 16.2. The number of rotatable bonds is 10. The van der Waals surface area contributed by atoms with Gasteiger partial charge in [-0.05, 0) is 133 Å². The van der Waals surface area contributed by atoms with E-state index in [0.717, 1.165) is 89.5 Å². The van der Waals surface area contributed by atoms with Crippen LogP contribution in [-0.2, 0) is 29.4 Å². The first-order valence-corrected chi connectivity index (χ1v) is 26.5. The fraction of sp³-hybridized carbons (Fsp3) is 0.593. The van der Waals surface area contributed by atoms with E-state index < -0.39 is 5.41 Å². The first-order chi connectivity index (χ1) is 34.0. The van der Waals surface area contributed by atoms with Gasteiger partial charge in [-0.3, -0.25) is 29.3 Å². The molecule has 6 aliphatic heterocycles. The second-order valence-corrected chi connectivity index (χ2v) is 22.1. The monoisotopic (exact) mass is 950 g/mol. The molecule has 1 aromatic carbocycles. The summed E-state index contributed by atoms with van der Waals surface area (Å²) < 4.78 is 2.19. The summed E-state index contributed by atoms with van der Waals surface area (Å²) >= 11 is 0. The van der Waals surface area contributed by atoms with Crippen molar-refractivity contribution in [3.05, 3.63) is 60.0 Å². The summed E-state index contributed by atoms with van der Waals surface area (Å²) in [6.45, 7) is 10.1. The Bertz CT molecular complexity index is 2700.